The summed E-state index contributed by atoms with van der Waals surface area (Å²) in [5.74, 6) is -0.0544. The number of rotatable bonds is 68. The summed E-state index contributed by atoms with van der Waals surface area (Å²) in [5.41, 5.74) is 0. The highest BCUT2D eigenvalue weighted by Crippen LogP contribution is 2.18. The summed E-state index contributed by atoms with van der Waals surface area (Å²) in [6.07, 6.45) is 92.1. The Labute approximate surface area is 506 Å². The lowest BCUT2D eigenvalue weighted by Gasteiger charge is -2.20. The third-order valence-electron chi connectivity index (χ3n) is 16.8. The number of ether oxygens (including phenoxy) is 1. The summed E-state index contributed by atoms with van der Waals surface area (Å²) in [5, 5.41) is 23.1. The van der Waals surface area contributed by atoms with E-state index in [0.29, 0.717) is 19.4 Å². The maximum absolute atomic E-state index is 12.5. The van der Waals surface area contributed by atoms with Gasteiger partial charge in [0.05, 0.1) is 25.4 Å². The van der Waals surface area contributed by atoms with Gasteiger partial charge in [-0.3, -0.25) is 9.59 Å². The van der Waals surface area contributed by atoms with Crippen LogP contribution < -0.4 is 5.32 Å². The summed E-state index contributed by atoms with van der Waals surface area (Å²) in [7, 11) is 0. The maximum Gasteiger partial charge on any atom is 0.305 e. The van der Waals surface area contributed by atoms with Gasteiger partial charge in [0.15, 0.2) is 0 Å². The molecule has 0 aromatic heterocycles. The lowest BCUT2D eigenvalue weighted by molar-refractivity contribution is -0.143. The Bertz CT molecular complexity index is 1360. The molecular weight excluding hydrogens is 995 g/mol. The zero-order valence-electron chi connectivity index (χ0n) is 54.5. The standard InChI is InChI=1S/C75H141NO5/c1-3-5-7-9-11-13-15-17-44-47-51-55-59-63-67-73(78)72(71-77)76-74(79)68-64-60-56-52-48-45-41-39-37-35-33-31-29-27-25-23-21-19-18-20-22-24-26-28-30-32-34-36-38-40-42-46-50-54-58-62-66-70-81-75(80)69-65-61-57-53-49-43-16-14-12-10-8-6-4-2/h14,16,18,20,24,26,63,67,72-73,77-78H,3-13,15,17,19,21-23,25,27-62,64-66,68-71H2,1-2H3,(H,76,79)/b16-14-,20-18-,26-24-,67-63+. The lowest BCUT2D eigenvalue weighted by Crippen LogP contribution is -2.45. The highest BCUT2D eigenvalue weighted by Gasteiger charge is 2.18. The van der Waals surface area contributed by atoms with Crippen molar-refractivity contribution in [2.45, 2.75) is 405 Å². The predicted molar refractivity (Wildman–Crippen MR) is 356 cm³/mol. The van der Waals surface area contributed by atoms with Crippen molar-refractivity contribution in [3.8, 4) is 0 Å². The van der Waals surface area contributed by atoms with Crippen molar-refractivity contribution in [2.24, 2.45) is 0 Å². The second-order valence-corrected chi connectivity index (χ2v) is 24.9. The summed E-state index contributed by atoms with van der Waals surface area (Å²) >= 11 is 0. The number of hydrogen-bond donors (Lipinski definition) is 3. The molecule has 0 aliphatic carbocycles. The van der Waals surface area contributed by atoms with E-state index in [2.05, 4.69) is 55.6 Å². The minimum Gasteiger partial charge on any atom is -0.466 e. The summed E-state index contributed by atoms with van der Waals surface area (Å²) in [4.78, 5) is 24.5. The number of unbranched alkanes of at least 4 members (excludes halogenated alkanes) is 51. The number of carbonyl (C=O) groups is 2. The van der Waals surface area contributed by atoms with Gasteiger partial charge >= 0.3 is 5.97 Å². The zero-order valence-corrected chi connectivity index (χ0v) is 54.5. The third-order valence-corrected chi connectivity index (χ3v) is 16.8. The first-order valence-electron chi connectivity index (χ1n) is 36.4. The fourth-order valence-electron chi connectivity index (χ4n) is 11.3. The molecule has 6 heteroatoms. The molecule has 0 spiro atoms. The second-order valence-electron chi connectivity index (χ2n) is 24.9. The molecule has 0 aliphatic rings. The molecule has 0 bridgehead atoms. The fourth-order valence-corrected chi connectivity index (χ4v) is 11.3. The number of hydrogen-bond acceptors (Lipinski definition) is 5. The summed E-state index contributed by atoms with van der Waals surface area (Å²) in [6.45, 7) is 4.91. The summed E-state index contributed by atoms with van der Waals surface area (Å²) in [6, 6.07) is -0.626. The lowest BCUT2D eigenvalue weighted by atomic mass is 10.0. The third kappa shape index (κ3) is 66.8. The molecule has 2 unspecified atom stereocenters. The van der Waals surface area contributed by atoms with Crippen LogP contribution in [-0.2, 0) is 14.3 Å². The first kappa shape index (κ1) is 78.8. The van der Waals surface area contributed by atoms with E-state index < -0.39 is 12.1 Å². The van der Waals surface area contributed by atoms with E-state index in [1.54, 1.807) is 6.08 Å². The molecule has 0 heterocycles. The quantitative estimate of drug-likeness (QED) is 0.0320. The molecule has 0 aliphatic heterocycles. The summed E-state index contributed by atoms with van der Waals surface area (Å²) < 4.78 is 5.48. The molecule has 0 aromatic rings. The molecule has 0 aromatic carbocycles. The Morgan fingerprint density at radius 2 is 0.617 bits per heavy atom. The Balaban J connectivity index is 3.37. The minimum atomic E-state index is -0.842. The van der Waals surface area contributed by atoms with Crippen LogP contribution in [0.1, 0.15) is 393 Å². The molecule has 476 valence electrons. The van der Waals surface area contributed by atoms with Crippen molar-refractivity contribution in [1.82, 2.24) is 5.32 Å². The molecule has 2 atom stereocenters. The van der Waals surface area contributed by atoms with Crippen molar-refractivity contribution >= 4 is 11.9 Å². The van der Waals surface area contributed by atoms with Crippen molar-refractivity contribution in [2.75, 3.05) is 13.2 Å². The van der Waals surface area contributed by atoms with E-state index in [-0.39, 0.29) is 18.5 Å². The van der Waals surface area contributed by atoms with Gasteiger partial charge in [-0.1, -0.05) is 339 Å². The topological polar surface area (TPSA) is 95.9 Å². The highest BCUT2D eigenvalue weighted by molar-refractivity contribution is 5.76. The Kier molecular flexibility index (Phi) is 68.4. The Morgan fingerprint density at radius 3 is 0.963 bits per heavy atom. The Hall–Kier alpha value is -2.18. The molecule has 6 nitrogen and oxygen atoms in total. The SMILES string of the molecule is CCCCCC/C=C\CCCCCCCC(=O)OCCCCCCCCCCCCCCC/C=C\C/C=C\CCCCCCCCCCCCCCCCCCCC(=O)NC(CO)C(O)/C=C/CCCCCCCCCCCCCC. The first-order chi connectivity index (χ1) is 40.0. The molecule has 0 radical (unpaired) electrons. The normalized spacial score (nSPS) is 12.8. The molecule has 0 saturated heterocycles. The van der Waals surface area contributed by atoms with E-state index in [1.807, 2.05) is 6.08 Å². The van der Waals surface area contributed by atoms with Gasteiger partial charge in [-0.05, 0) is 89.9 Å². The van der Waals surface area contributed by atoms with Crippen LogP contribution in [0.2, 0.25) is 0 Å². The molecular formula is C75H141NO5. The number of allylic oxidation sites excluding steroid dienone is 7. The maximum atomic E-state index is 12.5. The van der Waals surface area contributed by atoms with E-state index >= 15 is 0 Å². The highest BCUT2D eigenvalue weighted by atomic mass is 16.5. The van der Waals surface area contributed by atoms with E-state index in [0.717, 1.165) is 51.4 Å². The van der Waals surface area contributed by atoms with E-state index in [1.165, 1.54) is 315 Å². The molecule has 3 N–H and O–H groups in total. The van der Waals surface area contributed by atoms with Crippen LogP contribution in [0.15, 0.2) is 48.6 Å². The number of carbonyl (C=O) groups excluding carboxylic acids is 2. The average molecular weight is 1140 g/mol. The molecule has 0 rings (SSSR count). The average Bonchev–Trinajstić information content (AvgIpc) is 3.47. The van der Waals surface area contributed by atoms with Crippen molar-refractivity contribution < 1.29 is 24.5 Å². The molecule has 0 fully saturated rings. The van der Waals surface area contributed by atoms with Gasteiger partial charge in [0.1, 0.15) is 0 Å². The van der Waals surface area contributed by atoms with Gasteiger partial charge in [0.2, 0.25) is 5.91 Å². The van der Waals surface area contributed by atoms with Crippen molar-refractivity contribution in [3.63, 3.8) is 0 Å². The molecule has 0 saturated carbocycles. The van der Waals surface area contributed by atoms with Gasteiger partial charge in [-0.25, -0.2) is 0 Å². The van der Waals surface area contributed by atoms with Crippen molar-refractivity contribution in [3.05, 3.63) is 48.6 Å². The monoisotopic (exact) mass is 1140 g/mol. The van der Waals surface area contributed by atoms with Crippen LogP contribution in [0, 0.1) is 0 Å². The predicted octanol–water partition coefficient (Wildman–Crippen LogP) is 23.6. The van der Waals surface area contributed by atoms with Gasteiger partial charge in [-0.15, -0.1) is 0 Å². The van der Waals surface area contributed by atoms with Crippen LogP contribution in [0.3, 0.4) is 0 Å². The van der Waals surface area contributed by atoms with Crippen LogP contribution in [0.4, 0.5) is 0 Å². The van der Waals surface area contributed by atoms with Gasteiger partial charge in [-0.2, -0.15) is 0 Å². The van der Waals surface area contributed by atoms with Crippen LogP contribution in [-0.4, -0.2) is 47.4 Å². The Morgan fingerprint density at radius 1 is 0.346 bits per heavy atom. The molecule has 1 amide bonds. The van der Waals surface area contributed by atoms with E-state index in [9.17, 15) is 19.8 Å². The smallest absolute Gasteiger partial charge is 0.305 e. The number of amides is 1. The zero-order chi connectivity index (χ0) is 58.5. The number of nitrogens with one attached hydrogen (secondary N) is 1. The number of aliphatic hydroxyl groups is 2. The minimum absolute atomic E-state index is 0.00932. The van der Waals surface area contributed by atoms with Crippen LogP contribution in [0.25, 0.3) is 0 Å². The van der Waals surface area contributed by atoms with Gasteiger partial charge in [0, 0.05) is 12.8 Å². The number of esters is 1. The fraction of sp³-hybridized carbons (Fsp3) is 0.867. The first-order valence-corrected chi connectivity index (χ1v) is 36.4. The van der Waals surface area contributed by atoms with Crippen molar-refractivity contribution in [1.29, 1.82) is 0 Å². The van der Waals surface area contributed by atoms with Gasteiger partial charge in [0.25, 0.3) is 0 Å². The van der Waals surface area contributed by atoms with E-state index in [4.69, 9.17) is 4.74 Å². The number of aliphatic hydroxyl groups excluding tert-OH is 2. The largest absolute Gasteiger partial charge is 0.466 e. The van der Waals surface area contributed by atoms with Gasteiger partial charge < -0.3 is 20.3 Å². The van der Waals surface area contributed by atoms with Crippen LogP contribution in [0.5, 0.6) is 0 Å². The second kappa shape index (κ2) is 70.3. The van der Waals surface area contributed by atoms with Crippen LogP contribution >= 0.6 is 0 Å². The molecule has 81 heavy (non-hydrogen) atoms.